The molecule has 0 radical (unpaired) electrons. The van der Waals surface area contributed by atoms with Crippen molar-refractivity contribution in [3.63, 3.8) is 0 Å². The molecule has 0 saturated carbocycles. The third kappa shape index (κ3) is 9.12. The Morgan fingerprint density at radius 1 is 1.18 bits per heavy atom. The summed E-state index contributed by atoms with van der Waals surface area (Å²) in [5.74, 6) is -0.947. The molecule has 3 N–H and O–H groups in total. The second kappa shape index (κ2) is 9.42. The van der Waals surface area contributed by atoms with E-state index >= 15 is 0 Å². The molecule has 0 bridgehead atoms. The van der Waals surface area contributed by atoms with Gasteiger partial charge in [0.1, 0.15) is 5.54 Å². The number of aliphatic carboxylic acids is 1. The van der Waals surface area contributed by atoms with E-state index in [0.29, 0.717) is 19.4 Å². The first-order valence-electron chi connectivity index (χ1n) is 6.60. The Hall–Kier alpha value is -0.610. The Labute approximate surface area is 105 Å². The predicted octanol–water partition coefficient (Wildman–Crippen LogP) is 2.56. The normalized spacial score (nSPS) is 14.5. The van der Waals surface area contributed by atoms with Crippen molar-refractivity contribution in [3.8, 4) is 0 Å². The number of carboxylic acids is 1. The van der Waals surface area contributed by atoms with Gasteiger partial charge in [0, 0.05) is 13.2 Å². The lowest BCUT2D eigenvalue weighted by atomic mass is 9.98. The topological polar surface area (TPSA) is 72.5 Å². The van der Waals surface area contributed by atoms with Crippen molar-refractivity contribution in [1.82, 2.24) is 0 Å². The van der Waals surface area contributed by atoms with Crippen LogP contribution in [-0.4, -0.2) is 29.8 Å². The predicted molar refractivity (Wildman–Crippen MR) is 69.0 cm³/mol. The lowest BCUT2D eigenvalue weighted by Gasteiger charge is -2.18. The fourth-order valence-electron chi connectivity index (χ4n) is 1.56. The first-order valence-corrected chi connectivity index (χ1v) is 6.60. The lowest BCUT2D eigenvalue weighted by Crippen LogP contribution is -2.44. The number of carbonyl (C=O) groups is 1. The fraction of sp³-hybridized carbons (Fsp3) is 0.923. The third-order valence-electron chi connectivity index (χ3n) is 2.87. The maximum Gasteiger partial charge on any atom is 0.323 e. The number of hydrogen-bond acceptors (Lipinski definition) is 3. The summed E-state index contributed by atoms with van der Waals surface area (Å²) in [7, 11) is 0. The minimum atomic E-state index is -1.12. The van der Waals surface area contributed by atoms with Crippen LogP contribution in [-0.2, 0) is 9.53 Å². The van der Waals surface area contributed by atoms with Crippen molar-refractivity contribution in [2.24, 2.45) is 5.73 Å². The van der Waals surface area contributed by atoms with Crippen molar-refractivity contribution >= 4 is 5.97 Å². The number of nitrogens with two attached hydrogens (primary N) is 1. The Morgan fingerprint density at radius 3 is 2.35 bits per heavy atom. The van der Waals surface area contributed by atoms with Gasteiger partial charge in [0.2, 0.25) is 0 Å². The smallest absolute Gasteiger partial charge is 0.323 e. The molecule has 0 aliphatic carbocycles. The standard InChI is InChI=1S/C13H27NO3/c1-3-4-5-6-7-10-17-11-8-9-13(2,14)12(15)16/h3-11,14H2,1-2H3,(H,15,16). The summed E-state index contributed by atoms with van der Waals surface area (Å²) in [6.07, 6.45) is 7.30. The van der Waals surface area contributed by atoms with Crippen LogP contribution in [0.3, 0.4) is 0 Å². The molecule has 102 valence electrons. The molecule has 4 heteroatoms. The van der Waals surface area contributed by atoms with Gasteiger partial charge in [-0.2, -0.15) is 0 Å². The molecule has 0 spiro atoms. The summed E-state index contributed by atoms with van der Waals surface area (Å²) in [5, 5.41) is 8.80. The molecule has 0 aromatic rings. The SMILES string of the molecule is CCCCCCCOCCCC(C)(N)C(=O)O. The van der Waals surface area contributed by atoms with E-state index in [4.69, 9.17) is 15.6 Å². The van der Waals surface area contributed by atoms with Crippen LogP contribution in [0.25, 0.3) is 0 Å². The minimum absolute atomic E-state index is 0.457. The minimum Gasteiger partial charge on any atom is -0.480 e. The summed E-state index contributed by atoms with van der Waals surface area (Å²) in [4.78, 5) is 10.7. The molecular formula is C13H27NO3. The summed E-state index contributed by atoms with van der Waals surface area (Å²) < 4.78 is 5.44. The highest BCUT2D eigenvalue weighted by atomic mass is 16.5. The first-order chi connectivity index (χ1) is 8.00. The molecule has 0 amide bonds. The number of hydrogen-bond donors (Lipinski definition) is 2. The maximum absolute atomic E-state index is 10.7. The molecule has 0 rings (SSSR count). The van der Waals surface area contributed by atoms with Crippen molar-refractivity contribution < 1.29 is 14.6 Å². The molecule has 1 unspecified atom stereocenters. The Balaban J connectivity index is 3.27. The molecule has 4 nitrogen and oxygen atoms in total. The molecule has 0 aliphatic rings. The van der Waals surface area contributed by atoms with Gasteiger partial charge in [-0.3, -0.25) is 4.79 Å². The van der Waals surface area contributed by atoms with Crippen molar-refractivity contribution in [2.75, 3.05) is 13.2 Å². The van der Waals surface area contributed by atoms with Crippen LogP contribution in [0.5, 0.6) is 0 Å². The summed E-state index contributed by atoms with van der Waals surface area (Å²) in [6, 6.07) is 0. The van der Waals surface area contributed by atoms with Gasteiger partial charge in [-0.25, -0.2) is 0 Å². The molecule has 0 aliphatic heterocycles. The van der Waals surface area contributed by atoms with Gasteiger partial charge in [-0.15, -0.1) is 0 Å². The van der Waals surface area contributed by atoms with Crippen LogP contribution in [0, 0.1) is 0 Å². The van der Waals surface area contributed by atoms with Crippen LogP contribution in [0.4, 0.5) is 0 Å². The molecule has 0 heterocycles. The molecule has 0 aromatic heterocycles. The number of unbranched alkanes of at least 4 members (excludes halogenated alkanes) is 4. The van der Waals surface area contributed by atoms with Crippen molar-refractivity contribution in [3.05, 3.63) is 0 Å². The van der Waals surface area contributed by atoms with Gasteiger partial charge in [0.25, 0.3) is 0 Å². The highest BCUT2D eigenvalue weighted by Gasteiger charge is 2.26. The Kier molecular flexibility index (Phi) is 9.09. The molecule has 0 saturated heterocycles. The van der Waals surface area contributed by atoms with Gasteiger partial charge < -0.3 is 15.6 Å². The molecule has 1 atom stereocenters. The van der Waals surface area contributed by atoms with Crippen molar-refractivity contribution in [2.45, 2.75) is 64.3 Å². The zero-order chi connectivity index (χ0) is 13.1. The second-order valence-corrected chi connectivity index (χ2v) is 4.85. The average molecular weight is 245 g/mol. The number of ether oxygens (including phenoxy) is 1. The number of rotatable bonds is 11. The van der Waals surface area contributed by atoms with Gasteiger partial charge in [0.15, 0.2) is 0 Å². The van der Waals surface area contributed by atoms with Crippen LogP contribution >= 0.6 is 0 Å². The summed E-state index contributed by atoms with van der Waals surface area (Å²) >= 11 is 0. The zero-order valence-corrected chi connectivity index (χ0v) is 11.2. The maximum atomic E-state index is 10.7. The van der Waals surface area contributed by atoms with E-state index in [1.165, 1.54) is 25.7 Å². The van der Waals surface area contributed by atoms with E-state index in [-0.39, 0.29) is 0 Å². The quantitative estimate of drug-likeness (QED) is 0.549. The van der Waals surface area contributed by atoms with Gasteiger partial charge >= 0.3 is 5.97 Å². The van der Waals surface area contributed by atoms with E-state index in [1.54, 1.807) is 6.92 Å². The monoisotopic (exact) mass is 245 g/mol. The largest absolute Gasteiger partial charge is 0.480 e. The van der Waals surface area contributed by atoms with E-state index in [0.717, 1.165) is 13.0 Å². The van der Waals surface area contributed by atoms with Gasteiger partial charge in [-0.05, 0) is 26.2 Å². The van der Waals surface area contributed by atoms with Gasteiger partial charge in [0.05, 0.1) is 0 Å². The van der Waals surface area contributed by atoms with Crippen LogP contribution in [0.1, 0.15) is 58.8 Å². The van der Waals surface area contributed by atoms with E-state index < -0.39 is 11.5 Å². The van der Waals surface area contributed by atoms with E-state index in [9.17, 15) is 4.79 Å². The van der Waals surface area contributed by atoms with Crippen LogP contribution in [0.2, 0.25) is 0 Å². The Morgan fingerprint density at radius 2 is 1.76 bits per heavy atom. The van der Waals surface area contributed by atoms with Crippen LogP contribution < -0.4 is 5.73 Å². The molecular weight excluding hydrogens is 218 g/mol. The van der Waals surface area contributed by atoms with Gasteiger partial charge in [-0.1, -0.05) is 32.6 Å². The highest BCUT2D eigenvalue weighted by Crippen LogP contribution is 2.09. The number of carboxylic acid groups (broad SMARTS) is 1. The van der Waals surface area contributed by atoms with Crippen LogP contribution in [0.15, 0.2) is 0 Å². The average Bonchev–Trinajstić information content (AvgIpc) is 2.26. The third-order valence-corrected chi connectivity index (χ3v) is 2.87. The highest BCUT2D eigenvalue weighted by molar-refractivity contribution is 5.77. The fourth-order valence-corrected chi connectivity index (χ4v) is 1.56. The summed E-state index contributed by atoms with van der Waals surface area (Å²) in [6.45, 7) is 5.12. The zero-order valence-electron chi connectivity index (χ0n) is 11.2. The second-order valence-electron chi connectivity index (χ2n) is 4.85. The molecule has 0 aromatic carbocycles. The molecule has 17 heavy (non-hydrogen) atoms. The first kappa shape index (κ1) is 16.4. The summed E-state index contributed by atoms with van der Waals surface area (Å²) in [5.41, 5.74) is 4.48. The van der Waals surface area contributed by atoms with E-state index in [1.807, 2.05) is 0 Å². The lowest BCUT2D eigenvalue weighted by molar-refractivity contribution is -0.143. The van der Waals surface area contributed by atoms with Crippen molar-refractivity contribution in [1.29, 1.82) is 0 Å². The Bertz CT molecular complexity index is 205. The van der Waals surface area contributed by atoms with E-state index in [2.05, 4.69) is 6.92 Å². The molecule has 0 fully saturated rings.